The topological polar surface area (TPSA) is 32.3 Å². The third-order valence-electron chi connectivity index (χ3n) is 2.34. The summed E-state index contributed by atoms with van der Waals surface area (Å²) >= 11 is 3.36. The summed E-state index contributed by atoms with van der Waals surface area (Å²) in [5.74, 6) is 0.0670. The number of hydrogen-bond donors (Lipinski definition) is 1. The van der Waals surface area contributed by atoms with Gasteiger partial charge in [-0.2, -0.15) is 0 Å². The zero-order valence-corrected chi connectivity index (χ0v) is 11.3. The van der Waals surface area contributed by atoms with Crippen LogP contribution in [0.2, 0.25) is 0 Å². The monoisotopic (exact) mass is 284 g/mol. The molecule has 1 N–H and O–H groups in total. The molecular weight excluding hydrogens is 268 g/mol. The van der Waals surface area contributed by atoms with E-state index in [1.807, 2.05) is 38.4 Å². The first-order valence-electron chi connectivity index (χ1n) is 5.31. The number of benzene rings is 1. The number of halogens is 1. The predicted octanol–water partition coefficient (Wildman–Crippen LogP) is 2.13. The van der Waals surface area contributed by atoms with Gasteiger partial charge in [-0.05, 0) is 38.2 Å². The maximum Gasteiger partial charge on any atom is 0.253 e. The summed E-state index contributed by atoms with van der Waals surface area (Å²) in [5.41, 5.74) is 0.723. The Kier molecular flexibility index (Phi) is 5.49. The van der Waals surface area contributed by atoms with Gasteiger partial charge < -0.3 is 10.2 Å². The van der Waals surface area contributed by atoms with E-state index >= 15 is 0 Å². The van der Waals surface area contributed by atoms with Crippen LogP contribution in [0.3, 0.4) is 0 Å². The first-order chi connectivity index (χ1) is 7.65. The number of rotatable bonds is 5. The molecule has 1 aromatic rings. The van der Waals surface area contributed by atoms with Crippen LogP contribution in [0.5, 0.6) is 0 Å². The minimum Gasteiger partial charge on any atom is -0.342 e. The molecule has 0 aliphatic carbocycles. The molecule has 0 spiro atoms. The summed E-state index contributed by atoms with van der Waals surface area (Å²) in [6.07, 6.45) is 0.965. The second kappa shape index (κ2) is 6.66. The molecule has 0 atom stereocenters. The Labute approximate surface area is 105 Å². The van der Waals surface area contributed by atoms with Gasteiger partial charge >= 0.3 is 0 Å². The summed E-state index contributed by atoms with van der Waals surface area (Å²) in [4.78, 5) is 13.7. The predicted molar refractivity (Wildman–Crippen MR) is 69.6 cm³/mol. The summed E-state index contributed by atoms with van der Waals surface area (Å²) in [7, 11) is 3.75. The summed E-state index contributed by atoms with van der Waals surface area (Å²) in [6, 6.07) is 7.47. The highest BCUT2D eigenvalue weighted by Crippen LogP contribution is 2.13. The molecule has 88 valence electrons. The largest absolute Gasteiger partial charge is 0.342 e. The maximum absolute atomic E-state index is 12.0. The van der Waals surface area contributed by atoms with E-state index in [9.17, 15) is 4.79 Å². The van der Waals surface area contributed by atoms with Gasteiger partial charge in [0.05, 0.1) is 0 Å². The molecule has 3 nitrogen and oxygen atoms in total. The number of nitrogens with one attached hydrogen (secondary N) is 1. The van der Waals surface area contributed by atoms with Gasteiger partial charge in [0.1, 0.15) is 0 Å². The molecule has 0 radical (unpaired) electrons. The van der Waals surface area contributed by atoms with E-state index < -0.39 is 0 Å². The van der Waals surface area contributed by atoms with E-state index in [-0.39, 0.29) is 5.91 Å². The molecule has 1 rings (SSSR count). The van der Waals surface area contributed by atoms with Crippen molar-refractivity contribution < 1.29 is 4.79 Å². The van der Waals surface area contributed by atoms with Crippen LogP contribution < -0.4 is 5.32 Å². The SMILES string of the molecule is CNCCCN(C)C(=O)c1cccc(Br)c1. The molecule has 0 unspecified atom stereocenters. The van der Waals surface area contributed by atoms with Gasteiger partial charge in [0, 0.05) is 23.6 Å². The third-order valence-corrected chi connectivity index (χ3v) is 2.83. The highest BCUT2D eigenvalue weighted by atomic mass is 79.9. The van der Waals surface area contributed by atoms with E-state index in [0.29, 0.717) is 0 Å². The lowest BCUT2D eigenvalue weighted by Crippen LogP contribution is -2.29. The number of amides is 1. The van der Waals surface area contributed by atoms with Gasteiger partial charge in [0.2, 0.25) is 0 Å². The highest BCUT2D eigenvalue weighted by Gasteiger charge is 2.10. The normalized spacial score (nSPS) is 10.2. The molecule has 0 aliphatic rings. The molecule has 0 fully saturated rings. The van der Waals surface area contributed by atoms with E-state index in [1.54, 1.807) is 4.90 Å². The number of carbonyl (C=O) groups is 1. The van der Waals surface area contributed by atoms with Gasteiger partial charge in [0.15, 0.2) is 0 Å². The van der Waals surface area contributed by atoms with Crippen molar-refractivity contribution in [2.75, 3.05) is 27.2 Å². The molecule has 0 saturated carbocycles. The Morgan fingerprint density at radius 2 is 2.25 bits per heavy atom. The molecule has 16 heavy (non-hydrogen) atoms. The van der Waals surface area contributed by atoms with Crippen molar-refractivity contribution >= 4 is 21.8 Å². The summed E-state index contributed by atoms with van der Waals surface area (Å²) < 4.78 is 0.932. The van der Waals surface area contributed by atoms with E-state index in [2.05, 4.69) is 21.2 Å². The Balaban J connectivity index is 2.56. The average Bonchev–Trinajstić information content (AvgIpc) is 2.28. The summed E-state index contributed by atoms with van der Waals surface area (Å²) in [5, 5.41) is 3.07. The standard InChI is InChI=1S/C12H17BrN2O/c1-14-7-4-8-15(2)12(16)10-5-3-6-11(13)9-10/h3,5-6,9,14H,4,7-8H2,1-2H3. The van der Waals surface area contributed by atoms with Crippen LogP contribution in [0.4, 0.5) is 0 Å². The fraction of sp³-hybridized carbons (Fsp3) is 0.417. The fourth-order valence-electron chi connectivity index (χ4n) is 1.44. The number of hydrogen-bond acceptors (Lipinski definition) is 2. The average molecular weight is 285 g/mol. The van der Waals surface area contributed by atoms with Crippen LogP contribution in [-0.2, 0) is 0 Å². The van der Waals surface area contributed by atoms with Crippen molar-refractivity contribution in [1.29, 1.82) is 0 Å². The lowest BCUT2D eigenvalue weighted by Gasteiger charge is -2.17. The molecule has 0 bridgehead atoms. The molecule has 1 aromatic carbocycles. The Hall–Kier alpha value is -0.870. The minimum atomic E-state index is 0.0670. The van der Waals surface area contributed by atoms with Crippen LogP contribution in [-0.4, -0.2) is 38.0 Å². The zero-order chi connectivity index (χ0) is 12.0. The van der Waals surface area contributed by atoms with Crippen molar-refractivity contribution in [3.05, 3.63) is 34.3 Å². The molecule has 0 heterocycles. The lowest BCUT2D eigenvalue weighted by atomic mass is 10.2. The molecule has 4 heteroatoms. The zero-order valence-electron chi connectivity index (χ0n) is 9.66. The van der Waals surface area contributed by atoms with E-state index in [4.69, 9.17) is 0 Å². The smallest absolute Gasteiger partial charge is 0.253 e. The molecular formula is C12H17BrN2O. The van der Waals surface area contributed by atoms with Crippen LogP contribution >= 0.6 is 15.9 Å². The quantitative estimate of drug-likeness (QED) is 0.841. The number of carbonyl (C=O) groups excluding carboxylic acids is 1. The Morgan fingerprint density at radius 1 is 1.50 bits per heavy atom. The van der Waals surface area contributed by atoms with E-state index in [0.717, 1.165) is 29.5 Å². The molecule has 0 aliphatic heterocycles. The van der Waals surface area contributed by atoms with Crippen LogP contribution in [0.15, 0.2) is 28.7 Å². The highest BCUT2D eigenvalue weighted by molar-refractivity contribution is 9.10. The third kappa shape index (κ3) is 3.94. The summed E-state index contributed by atoms with van der Waals surface area (Å²) in [6.45, 7) is 1.70. The van der Waals surface area contributed by atoms with Crippen molar-refractivity contribution in [1.82, 2.24) is 10.2 Å². The first kappa shape index (κ1) is 13.2. The van der Waals surface area contributed by atoms with Crippen LogP contribution in [0.25, 0.3) is 0 Å². The van der Waals surface area contributed by atoms with Gasteiger partial charge in [-0.15, -0.1) is 0 Å². The van der Waals surface area contributed by atoms with Crippen molar-refractivity contribution in [3.63, 3.8) is 0 Å². The van der Waals surface area contributed by atoms with Crippen molar-refractivity contribution in [2.24, 2.45) is 0 Å². The van der Waals surface area contributed by atoms with Crippen molar-refractivity contribution in [2.45, 2.75) is 6.42 Å². The van der Waals surface area contributed by atoms with Gasteiger partial charge in [-0.3, -0.25) is 4.79 Å². The Bertz CT molecular complexity index is 355. The lowest BCUT2D eigenvalue weighted by molar-refractivity contribution is 0.0793. The fourth-order valence-corrected chi connectivity index (χ4v) is 1.84. The molecule has 1 amide bonds. The maximum atomic E-state index is 12.0. The number of nitrogens with zero attached hydrogens (tertiary/aromatic N) is 1. The van der Waals surface area contributed by atoms with Gasteiger partial charge in [-0.25, -0.2) is 0 Å². The van der Waals surface area contributed by atoms with Gasteiger partial charge in [-0.1, -0.05) is 22.0 Å². The van der Waals surface area contributed by atoms with Crippen molar-refractivity contribution in [3.8, 4) is 0 Å². The first-order valence-corrected chi connectivity index (χ1v) is 6.10. The van der Waals surface area contributed by atoms with Crippen LogP contribution in [0.1, 0.15) is 16.8 Å². The molecule has 0 saturated heterocycles. The second-order valence-electron chi connectivity index (χ2n) is 3.69. The molecule has 0 aromatic heterocycles. The van der Waals surface area contributed by atoms with Gasteiger partial charge in [0.25, 0.3) is 5.91 Å². The Morgan fingerprint density at radius 3 is 2.88 bits per heavy atom. The minimum absolute atomic E-state index is 0.0670. The second-order valence-corrected chi connectivity index (χ2v) is 4.61. The van der Waals surface area contributed by atoms with Crippen LogP contribution in [0, 0.1) is 0 Å². The van der Waals surface area contributed by atoms with E-state index in [1.165, 1.54) is 0 Å².